The van der Waals surface area contributed by atoms with Crippen molar-refractivity contribution in [1.29, 1.82) is 0 Å². The average molecular weight is 421 g/mol. The number of nitrogens with one attached hydrogen (secondary N) is 1. The molecule has 1 aliphatic rings. The fourth-order valence-corrected chi connectivity index (χ4v) is 4.43. The number of hydrogen-bond acceptors (Lipinski definition) is 6. The number of piperidine rings is 1. The lowest BCUT2D eigenvalue weighted by molar-refractivity contribution is -0.129. The quantitative estimate of drug-likeness (QED) is 0.738. The van der Waals surface area contributed by atoms with Crippen molar-refractivity contribution in [2.75, 3.05) is 19.6 Å². The number of aromatic nitrogens is 2. The fourth-order valence-electron chi connectivity index (χ4n) is 3.40. The number of amides is 1. The van der Waals surface area contributed by atoms with Crippen LogP contribution in [0.3, 0.4) is 0 Å². The van der Waals surface area contributed by atoms with E-state index >= 15 is 0 Å². The van der Waals surface area contributed by atoms with Crippen molar-refractivity contribution in [3.8, 4) is 0 Å². The summed E-state index contributed by atoms with van der Waals surface area (Å²) in [7, 11) is -3.58. The maximum absolute atomic E-state index is 12.4. The van der Waals surface area contributed by atoms with Crippen LogP contribution in [0.5, 0.6) is 0 Å². The van der Waals surface area contributed by atoms with Gasteiger partial charge < -0.3 is 9.42 Å². The first-order chi connectivity index (χ1) is 13.8. The number of carbonyl (C=O) groups excluding carboxylic acids is 1. The maximum Gasteiger partial charge on any atom is 0.240 e. The first-order valence-electron chi connectivity index (χ1n) is 9.94. The molecule has 0 radical (unpaired) electrons. The Kier molecular flexibility index (Phi) is 6.69. The number of hydrogen-bond donors (Lipinski definition) is 1. The Morgan fingerprint density at radius 2 is 1.90 bits per heavy atom. The lowest BCUT2D eigenvalue weighted by atomic mass is 9.96. The summed E-state index contributed by atoms with van der Waals surface area (Å²) in [4.78, 5) is 17.9. The van der Waals surface area contributed by atoms with Gasteiger partial charge in [-0.25, -0.2) is 13.1 Å². The lowest BCUT2D eigenvalue weighted by Gasteiger charge is -2.29. The zero-order valence-corrected chi connectivity index (χ0v) is 17.9. The largest absolute Gasteiger partial charge is 0.343 e. The topological polar surface area (TPSA) is 105 Å². The van der Waals surface area contributed by atoms with Gasteiger partial charge in [-0.05, 0) is 36.5 Å². The van der Waals surface area contributed by atoms with Gasteiger partial charge in [-0.15, -0.1) is 0 Å². The predicted molar refractivity (Wildman–Crippen MR) is 108 cm³/mol. The Bertz CT molecular complexity index is 930. The second kappa shape index (κ2) is 9.04. The van der Waals surface area contributed by atoms with Crippen LogP contribution < -0.4 is 4.72 Å². The minimum absolute atomic E-state index is 0.0865. The van der Waals surface area contributed by atoms with Gasteiger partial charge in [-0.2, -0.15) is 4.98 Å². The Hall–Kier alpha value is -2.26. The fraction of sp³-hybridized carbons (Fsp3) is 0.550. The zero-order valence-electron chi connectivity index (χ0n) is 17.1. The molecule has 29 heavy (non-hydrogen) atoms. The van der Waals surface area contributed by atoms with Crippen molar-refractivity contribution in [2.24, 2.45) is 0 Å². The molecule has 0 atom stereocenters. The van der Waals surface area contributed by atoms with Gasteiger partial charge >= 0.3 is 0 Å². The third-order valence-electron chi connectivity index (χ3n) is 5.28. The molecule has 9 heteroatoms. The molecule has 8 nitrogen and oxygen atoms in total. The summed E-state index contributed by atoms with van der Waals surface area (Å²) in [6.07, 6.45) is 1.93. The third-order valence-corrected chi connectivity index (χ3v) is 6.75. The van der Waals surface area contributed by atoms with E-state index in [1.54, 1.807) is 19.1 Å². The molecule has 1 saturated heterocycles. The van der Waals surface area contributed by atoms with Gasteiger partial charge in [-0.1, -0.05) is 31.1 Å². The molecule has 1 aromatic carbocycles. The van der Waals surface area contributed by atoms with Crippen molar-refractivity contribution in [3.05, 3.63) is 41.5 Å². The van der Waals surface area contributed by atoms with E-state index in [1.807, 2.05) is 17.0 Å². The molecule has 158 valence electrons. The van der Waals surface area contributed by atoms with Gasteiger partial charge in [0, 0.05) is 38.9 Å². The van der Waals surface area contributed by atoms with E-state index in [4.69, 9.17) is 4.52 Å². The van der Waals surface area contributed by atoms with Crippen LogP contribution in [0.4, 0.5) is 0 Å². The Morgan fingerprint density at radius 3 is 2.48 bits per heavy atom. The molecular formula is C20H28N4O4S. The molecule has 1 aliphatic heterocycles. The summed E-state index contributed by atoms with van der Waals surface area (Å²) in [5.41, 5.74) is 1.09. The monoisotopic (exact) mass is 420 g/mol. The van der Waals surface area contributed by atoms with Crippen molar-refractivity contribution < 1.29 is 17.7 Å². The normalized spacial score (nSPS) is 15.8. The molecule has 1 aromatic heterocycles. The van der Waals surface area contributed by atoms with Crippen LogP contribution in [0, 0.1) is 0 Å². The van der Waals surface area contributed by atoms with Gasteiger partial charge in [0.15, 0.2) is 5.82 Å². The van der Waals surface area contributed by atoms with E-state index in [9.17, 15) is 13.2 Å². The van der Waals surface area contributed by atoms with Gasteiger partial charge in [0.25, 0.3) is 0 Å². The van der Waals surface area contributed by atoms with Crippen molar-refractivity contribution >= 4 is 15.9 Å². The molecule has 0 saturated carbocycles. The van der Waals surface area contributed by atoms with Crippen LogP contribution in [-0.2, 0) is 21.2 Å². The molecule has 0 bridgehead atoms. The first kappa shape index (κ1) is 21.4. The summed E-state index contributed by atoms with van der Waals surface area (Å²) >= 11 is 0. The Labute approximate surface area is 171 Å². The second-order valence-corrected chi connectivity index (χ2v) is 9.47. The Balaban J connectivity index is 1.51. The van der Waals surface area contributed by atoms with Crippen LogP contribution >= 0.6 is 0 Å². The lowest BCUT2D eigenvalue weighted by Crippen LogP contribution is -2.36. The molecule has 0 spiro atoms. The highest BCUT2D eigenvalue weighted by Gasteiger charge is 2.25. The van der Waals surface area contributed by atoms with Crippen LogP contribution in [-0.4, -0.2) is 49.0 Å². The number of carbonyl (C=O) groups is 1. The SMILES string of the molecule is CC(=O)N1CCC(c2noc(CCNS(=O)(=O)c3ccc(C(C)C)cc3)n2)CC1. The summed E-state index contributed by atoms with van der Waals surface area (Å²) in [6.45, 7) is 7.27. The summed E-state index contributed by atoms with van der Waals surface area (Å²) < 4.78 is 32.7. The summed E-state index contributed by atoms with van der Waals surface area (Å²) in [6, 6.07) is 6.91. The molecule has 3 rings (SSSR count). The van der Waals surface area contributed by atoms with E-state index in [0.29, 0.717) is 37.1 Å². The number of benzene rings is 1. The van der Waals surface area contributed by atoms with Gasteiger partial charge in [0.1, 0.15) is 0 Å². The number of nitrogens with zero attached hydrogens (tertiary/aromatic N) is 3. The van der Waals surface area contributed by atoms with E-state index in [2.05, 4.69) is 28.7 Å². The van der Waals surface area contributed by atoms with Gasteiger partial charge in [-0.3, -0.25) is 4.79 Å². The molecular weight excluding hydrogens is 392 g/mol. The van der Waals surface area contributed by atoms with E-state index in [-0.39, 0.29) is 23.3 Å². The van der Waals surface area contributed by atoms with Gasteiger partial charge in [0.05, 0.1) is 4.90 Å². The van der Waals surface area contributed by atoms with Crippen LogP contribution in [0.25, 0.3) is 0 Å². The van der Waals surface area contributed by atoms with E-state index in [1.165, 1.54) is 0 Å². The molecule has 1 amide bonds. The highest BCUT2D eigenvalue weighted by atomic mass is 32.2. The zero-order chi connectivity index (χ0) is 21.0. The standard InChI is InChI=1S/C20H28N4O4S/c1-14(2)16-4-6-18(7-5-16)29(26,27)21-11-8-19-22-20(23-28-19)17-9-12-24(13-10-17)15(3)25/h4-7,14,17,21H,8-13H2,1-3H3. The number of rotatable bonds is 7. The van der Waals surface area contributed by atoms with Crippen molar-refractivity contribution in [2.45, 2.75) is 56.8 Å². The molecule has 2 aromatic rings. The highest BCUT2D eigenvalue weighted by molar-refractivity contribution is 7.89. The van der Waals surface area contributed by atoms with Crippen LogP contribution in [0.2, 0.25) is 0 Å². The highest BCUT2D eigenvalue weighted by Crippen LogP contribution is 2.26. The smallest absolute Gasteiger partial charge is 0.240 e. The number of sulfonamides is 1. The minimum atomic E-state index is -3.58. The molecule has 0 aliphatic carbocycles. The van der Waals surface area contributed by atoms with Crippen LogP contribution in [0.15, 0.2) is 33.7 Å². The van der Waals surface area contributed by atoms with Crippen LogP contribution in [0.1, 0.15) is 62.7 Å². The third kappa shape index (κ3) is 5.42. The molecule has 0 unspecified atom stereocenters. The van der Waals surface area contributed by atoms with E-state index < -0.39 is 10.0 Å². The summed E-state index contributed by atoms with van der Waals surface area (Å²) in [5, 5.41) is 4.04. The molecule has 2 heterocycles. The predicted octanol–water partition coefficient (Wildman–Crippen LogP) is 2.44. The Morgan fingerprint density at radius 1 is 1.24 bits per heavy atom. The van der Waals surface area contributed by atoms with Crippen molar-refractivity contribution in [3.63, 3.8) is 0 Å². The first-order valence-corrected chi connectivity index (χ1v) is 11.4. The number of likely N-dealkylation sites (tertiary alicyclic amines) is 1. The molecule has 1 fully saturated rings. The van der Waals surface area contributed by atoms with Gasteiger partial charge in [0.2, 0.25) is 21.8 Å². The maximum atomic E-state index is 12.4. The minimum Gasteiger partial charge on any atom is -0.343 e. The molecule has 1 N–H and O–H groups in total. The van der Waals surface area contributed by atoms with E-state index in [0.717, 1.165) is 18.4 Å². The second-order valence-electron chi connectivity index (χ2n) is 7.70. The average Bonchev–Trinajstić information content (AvgIpc) is 3.17. The summed E-state index contributed by atoms with van der Waals surface area (Å²) in [5.74, 6) is 1.64. The van der Waals surface area contributed by atoms with Crippen molar-refractivity contribution in [1.82, 2.24) is 19.8 Å².